The Morgan fingerprint density at radius 2 is 1.30 bits per heavy atom. The fourth-order valence-corrected chi connectivity index (χ4v) is 6.21. The number of aryl methyl sites for hydroxylation is 1. The second kappa shape index (κ2) is 13.7. The van der Waals surface area contributed by atoms with Crippen LogP contribution in [-0.4, -0.2) is 65.3 Å². The van der Waals surface area contributed by atoms with E-state index in [4.69, 9.17) is 22.6 Å². The monoisotopic (exact) mass is 705 g/mol. The van der Waals surface area contributed by atoms with E-state index in [1.165, 1.54) is 33.4 Å². The second-order valence-electron chi connectivity index (χ2n) is 10.6. The van der Waals surface area contributed by atoms with Crippen LogP contribution in [0.3, 0.4) is 0 Å². The predicted molar refractivity (Wildman–Crippen MR) is 180 cm³/mol. The van der Waals surface area contributed by atoms with Gasteiger partial charge in [-0.3, -0.25) is 4.31 Å². The molecule has 0 unspecified atom stereocenters. The van der Waals surface area contributed by atoms with Crippen LogP contribution in [0.1, 0.15) is 11.1 Å². The van der Waals surface area contributed by atoms with Gasteiger partial charge in [-0.2, -0.15) is 16.8 Å². The number of methoxy groups -OCH3 is 2. The summed E-state index contributed by atoms with van der Waals surface area (Å²) < 4.78 is 104. The van der Waals surface area contributed by atoms with Gasteiger partial charge in [0.05, 0.1) is 44.2 Å². The van der Waals surface area contributed by atoms with Gasteiger partial charge in [-0.25, -0.2) is 8.42 Å². The van der Waals surface area contributed by atoms with E-state index in [9.17, 15) is 25.3 Å². The van der Waals surface area contributed by atoms with Crippen molar-refractivity contribution in [3.8, 4) is 51.0 Å². The Hall–Kier alpha value is -4.47. The SMILES string of the molecule is COc1cc(-c2ccc(C)c(N(C)S(C)(=O)=O)c2)c(OC)c(OS(C)(=O)=O)c1-c1ccc(OCc2ccccc2)c(OS(C)(=O)=O)c1. The standard InChI is InChI=1S/C32H35NO11S3/c1-21-13-14-23(17-26(21)33(2)45(5,34)35)25-19-29(40-3)30(32(31(25)41-4)44-47(7,38)39)24-15-16-27(28(18-24)43-46(6,36)37)42-20-22-11-9-8-10-12-22/h8-19H,20H2,1-7H3. The molecule has 4 aromatic carbocycles. The van der Waals surface area contributed by atoms with Crippen LogP contribution in [0.25, 0.3) is 22.3 Å². The van der Waals surface area contributed by atoms with Crippen LogP contribution in [0.2, 0.25) is 0 Å². The summed E-state index contributed by atoms with van der Waals surface area (Å²) in [6, 6.07) is 20.2. The second-order valence-corrected chi connectivity index (χ2v) is 15.8. The Morgan fingerprint density at radius 3 is 1.87 bits per heavy atom. The Balaban J connectivity index is 1.98. The highest BCUT2D eigenvalue weighted by Gasteiger charge is 2.28. The summed E-state index contributed by atoms with van der Waals surface area (Å²) >= 11 is 0. The molecule has 0 bridgehead atoms. The Bertz CT molecular complexity index is 2120. The molecule has 15 heteroatoms. The first kappa shape index (κ1) is 35.4. The molecule has 4 aromatic rings. The third-order valence-corrected chi connectivity index (χ3v) is 9.07. The lowest BCUT2D eigenvalue weighted by Crippen LogP contribution is -2.25. The highest BCUT2D eigenvalue weighted by Crippen LogP contribution is 2.52. The van der Waals surface area contributed by atoms with E-state index < -0.39 is 30.3 Å². The van der Waals surface area contributed by atoms with Crippen molar-refractivity contribution in [2.45, 2.75) is 13.5 Å². The number of benzene rings is 4. The van der Waals surface area contributed by atoms with Gasteiger partial charge < -0.3 is 22.6 Å². The molecule has 0 amide bonds. The molecule has 0 aliphatic rings. The van der Waals surface area contributed by atoms with E-state index in [0.717, 1.165) is 28.6 Å². The molecule has 252 valence electrons. The van der Waals surface area contributed by atoms with E-state index >= 15 is 0 Å². The van der Waals surface area contributed by atoms with Gasteiger partial charge in [0, 0.05) is 12.6 Å². The highest BCUT2D eigenvalue weighted by atomic mass is 32.2. The average Bonchev–Trinajstić information content (AvgIpc) is 2.98. The first-order valence-corrected chi connectivity index (χ1v) is 19.3. The van der Waals surface area contributed by atoms with Crippen LogP contribution in [0.5, 0.6) is 28.7 Å². The molecule has 0 atom stereocenters. The van der Waals surface area contributed by atoms with Crippen molar-refractivity contribution >= 4 is 35.9 Å². The van der Waals surface area contributed by atoms with Gasteiger partial charge in [0.1, 0.15) is 12.4 Å². The summed E-state index contributed by atoms with van der Waals surface area (Å²) in [6.07, 6.45) is 2.82. The maximum Gasteiger partial charge on any atom is 0.306 e. The highest BCUT2D eigenvalue weighted by molar-refractivity contribution is 7.92. The van der Waals surface area contributed by atoms with Crippen molar-refractivity contribution in [3.63, 3.8) is 0 Å². The summed E-state index contributed by atoms with van der Waals surface area (Å²) in [6.45, 7) is 1.87. The molecule has 0 aliphatic heterocycles. The maximum atomic E-state index is 12.6. The molecule has 47 heavy (non-hydrogen) atoms. The van der Waals surface area contributed by atoms with Crippen LogP contribution in [0, 0.1) is 6.92 Å². The third-order valence-electron chi connectivity index (χ3n) is 6.93. The minimum Gasteiger partial charge on any atom is -0.496 e. The molecule has 0 heterocycles. The molecular weight excluding hydrogens is 671 g/mol. The third kappa shape index (κ3) is 8.67. The van der Waals surface area contributed by atoms with Crippen molar-refractivity contribution in [2.75, 3.05) is 44.3 Å². The molecule has 0 fully saturated rings. The quantitative estimate of drug-likeness (QED) is 0.173. The number of anilines is 1. The summed E-state index contributed by atoms with van der Waals surface area (Å²) in [5.41, 5.74) is 3.02. The first-order chi connectivity index (χ1) is 21.9. The van der Waals surface area contributed by atoms with Crippen molar-refractivity contribution in [3.05, 3.63) is 83.9 Å². The zero-order valence-corrected chi connectivity index (χ0v) is 29.2. The van der Waals surface area contributed by atoms with Gasteiger partial charge in [-0.1, -0.05) is 48.5 Å². The van der Waals surface area contributed by atoms with Gasteiger partial charge in [0.25, 0.3) is 0 Å². The van der Waals surface area contributed by atoms with Crippen LogP contribution >= 0.6 is 0 Å². The van der Waals surface area contributed by atoms with E-state index in [1.54, 1.807) is 37.3 Å². The molecule has 0 aliphatic carbocycles. The van der Waals surface area contributed by atoms with Crippen LogP contribution in [-0.2, 0) is 36.9 Å². The predicted octanol–water partition coefficient (Wildman–Crippen LogP) is 5.00. The summed E-state index contributed by atoms with van der Waals surface area (Å²) in [5.74, 6) is -0.202. The zero-order chi connectivity index (χ0) is 34.7. The number of sulfonamides is 1. The average molecular weight is 706 g/mol. The van der Waals surface area contributed by atoms with Gasteiger partial charge in [-0.05, 0) is 53.4 Å². The molecule has 0 saturated heterocycles. The lowest BCUT2D eigenvalue weighted by molar-refractivity contribution is 0.296. The molecule has 0 radical (unpaired) electrons. The van der Waals surface area contributed by atoms with Crippen molar-refractivity contribution in [2.24, 2.45) is 0 Å². The van der Waals surface area contributed by atoms with Gasteiger partial charge in [0.2, 0.25) is 10.0 Å². The van der Waals surface area contributed by atoms with E-state index in [0.29, 0.717) is 22.4 Å². The summed E-state index contributed by atoms with van der Waals surface area (Å²) in [5, 5.41) is 0. The van der Waals surface area contributed by atoms with Crippen molar-refractivity contribution in [1.82, 2.24) is 0 Å². The number of hydrogen-bond donors (Lipinski definition) is 0. The summed E-state index contributed by atoms with van der Waals surface area (Å²) in [4.78, 5) is 0. The van der Waals surface area contributed by atoms with Gasteiger partial charge in [0.15, 0.2) is 23.0 Å². The van der Waals surface area contributed by atoms with E-state index in [2.05, 4.69) is 0 Å². The largest absolute Gasteiger partial charge is 0.496 e. The molecular formula is C32H35NO11S3. The van der Waals surface area contributed by atoms with Gasteiger partial charge in [-0.15, -0.1) is 0 Å². The normalized spacial score (nSPS) is 11.9. The molecule has 0 saturated carbocycles. The molecule has 0 aromatic heterocycles. The van der Waals surface area contributed by atoms with E-state index in [-0.39, 0.29) is 46.5 Å². The van der Waals surface area contributed by atoms with Crippen LogP contribution in [0.4, 0.5) is 5.69 Å². The van der Waals surface area contributed by atoms with Crippen LogP contribution in [0.15, 0.2) is 72.8 Å². The fraction of sp³-hybridized carbons (Fsp3) is 0.250. The van der Waals surface area contributed by atoms with Crippen molar-refractivity contribution < 1.29 is 47.8 Å². The first-order valence-electron chi connectivity index (χ1n) is 13.9. The van der Waals surface area contributed by atoms with Gasteiger partial charge >= 0.3 is 20.2 Å². The molecule has 12 nitrogen and oxygen atoms in total. The lowest BCUT2D eigenvalue weighted by Gasteiger charge is -2.23. The van der Waals surface area contributed by atoms with E-state index in [1.807, 2.05) is 30.3 Å². The zero-order valence-electron chi connectivity index (χ0n) is 26.8. The fourth-order valence-electron chi connectivity index (χ4n) is 4.74. The Kier molecular flexibility index (Phi) is 10.3. The molecule has 4 rings (SSSR count). The maximum absolute atomic E-state index is 12.6. The van der Waals surface area contributed by atoms with Crippen LogP contribution < -0.4 is 26.9 Å². The van der Waals surface area contributed by atoms with Crippen molar-refractivity contribution in [1.29, 1.82) is 0 Å². The minimum atomic E-state index is -4.17. The lowest BCUT2D eigenvalue weighted by atomic mass is 9.95. The topological polar surface area (TPSA) is 152 Å². The number of ether oxygens (including phenoxy) is 3. The Morgan fingerprint density at radius 1 is 0.660 bits per heavy atom. The number of rotatable bonds is 13. The molecule has 0 spiro atoms. The smallest absolute Gasteiger partial charge is 0.306 e. The minimum absolute atomic E-state index is 0.0157. The molecule has 0 N–H and O–H groups in total. The number of nitrogens with zero attached hydrogens (tertiary/aromatic N) is 1. The number of hydrogen-bond acceptors (Lipinski definition) is 11. The Labute approximate surface area is 275 Å². The summed E-state index contributed by atoms with van der Waals surface area (Å²) in [7, 11) is -7.71.